The maximum Gasteiger partial charge on any atom is 0.263 e. The predicted octanol–water partition coefficient (Wildman–Crippen LogP) is 1.92. The van der Waals surface area contributed by atoms with Gasteiger partial charge in [-0.1, -0.05) is 30.3 Å². The monoisotopic (exact) mass is 394 g/mol. The van der Waals surface area contributed by atoms with E-state index in [0.29, 0.717) is 38.3 Å². The second-order valence-electron chi connectivity index (χ2n) is 7.93. The SMILES string of the molecule is Cc1ncc(C(=O)N2CCCC23CCCN(CCc2ccccc2)C3=O)c(=O)[nH]1. The molecule has 4 rings (SSSR count). The van der Waals surface area contributed by atoms with Gasteiger partial charge in [0, 0.05) is 25.8 Å². The standard InChI is InChI=1S/C22H26N4O3/c1-16-23-15-18(19(27)24-16)20(28)26-13-6-11-22(26)10-5-12-25(21(22)29)14-9-17-7-3-2-4-8-17/h2-4,7-8,15H,5-6,9-14H2,1H3,(H,23,24,27). The van der Waals surface area contributed by atoms with Crippen LogP contribution in [0.4, 0.5) is 0 Å². The number of aromatic nitrogens is 2. The van der Waals surface area contributed by atoms with E-state index in [4.69, 9.17) is 0 Å². The lowest BCUT2D eigenvalue weighted by Gasteiger charge is -2.44. The van der Waals surface area contributed by atoms with Gasteiger partial charge < -0.3 is 14.8 Å². The Kier molecular flexibility index (Phi) is 5.22. The molecular weight excluding hydrogens is 368 g/mol. The Hall–Kier alpha value is -2.96. The van der Waals surface area contributed by atoms with Gasteiger partial charge in [-0.05, 0) is 44.6 Å². The lowest BCUT2D eigenvalue weighted by atomic mass is 9.85. The van der Waals surface area contributed by atoms with E-state index in [0.717, 1.165) is 19.3 Å². The van der Waals surface area contributed by atoms with Crippen LogP contribution in [0, 0.1) is 6.92 Å². The lowest BCUT2D eigenvalue weighted by Crippen LogP contribution is -2.61. The normalized spacial score (nSPS) is 21.8. The maximum atomic E-state index is 13.5. The Morgan fingerprint density at radius 2 is 1.86 bits per heavy atom. The Morgan fingerprint density at radius 1 is 1.14 bits per heavy atom. The summed E-state index contributed by atoms with van der Waals surface area (Å²) < 4.78 is 0. The number of piperidine rings is 1. The Bertz CT molecular complexity index is 972. The van der Waals surface area contributed by atoms with Crippen molar-refractivity contribution in [1.82, 2.24) is 19.8 Å². The molecule has 2 saturated heterocycles. The first-order chi connectivity index (χ1) is 14.0. The van der Waals surface area contributed by atoms with E-state index < -0.39 is 17.0 Å². The van der Waals surface area contributed by atoms with Crippen LogP contribution in [0.15, 0.2) is 41.3 Å². The van der Waals surface area contributed by atoms with Crippen molar-refractivity contribution >= 4 is 11.8 Å². The van der Waals surface area contributed by atoms with Crippen molar-refractivity contribution in [1.29, 1.82) is 0 Å². The van der Waals surface area contributed by atoms with Gasteiger partial charge in [0.25, 0.3) is 11.5 Å². The highest BCUT2D eigenvalue weighted by molar-refractivity contribution is 5.99. The molecule has 1 unspecified atom stereocenters. The number of carbonyl (C=O) groups excluding carboxylic acids is 2. The highest BCUT2D eigenvalue weighted by Gasteiger charge is 2.53. The summed E-state index contributed by atoms with van der Waals surface area (Å²) in [6.45, 7) is 3.51. The third kappa shape index (κ3) is 3.57. The van der Waals surface area contributed by atoms with Gasteiger partial charge in [-0.25, -0.2) is 4.98 Å². The van der Waals surface area contributed by atoms with E-state index in [2.05, 4.69) is 22.1 Å². The van der Waals surface area contributed by atoms with Crippen molar-refractivity contribution < 1.29 is 9.59 Å². The first-order valence-corrected chi connectivity index (χ1v) is 10.2. The van der Waals surface area contributed by atoms with Gasteiger partial charge in [0.15, 0.2) is 0 Å². The summed E-state index contributed by atoms with van der Waals surface area (Å²) in [6.07, 6.45) is 5.03. The molecule has 7 nitrogen and oxygen atoms in total. The van der Waals surface area contributed by atoms with Crippen molar-refractivity contribution in [2.45, 2.75) is 44.6 Å². The zero-order chi connectivity index (χ0) is 20.4. The molecule has 2 aliphatic heterocycles. The summed E-state index contributed by atoms with van der Waals surface area (Å²) in [5.74, 6) is 0.0834. The van der Waals surface area contributed by atoms with Crippen LogP contribution < -0.4 is 5.56 Å². The minimum Gasteiger partial charge on any atom is -0.340 e. The molecule has 0 bridgehead atoms. The molecule has 2 amide bonds. The third-order valence-corrected chi connectivity index (χ3v) is 6.11. The number of H-pyrrole nitrogens is 1. The Labute approximate surface area is 169 Å². The molecule has 1 atom stereocenters. The topological polar surface area (TPSA) is 86.4 Å². The molecule has 1 spiro atoms. The molecule has 0 radical (unpaired) electrons. The average Bonchev–Trinajstić information content (AvgIpc) is 3.14. The van der Waals surface area contributed by atoms with Crippen LogP contribution in [-0.2, 0) is 11.2 Å². The van der Waals surface area contributed by atoms with E-state index >= 15 is 0 Å². The molecule has 3 heterocycles. The summed E-state index contributed by atoms with van der Waals surface area (Å²) in [4.78, 5) is 49.1. The highest BCUT2D eigenvalue weighted by Crippen LogP contribution is 2.39. The number of likely N-dealkylation sites (tertiary alicyclic amines) is 2. The second-order valence-corrected chi connectivity index (χ2v) is 7.93. The van der Waals surface area contributed by atoms with Gasteiger partial charge in [0.2, 0.25) is 5.91 Å². The quantitative estimate of drug-likeness (QED) is 0.858. The number of amides is 2. The minimum absolute atomic E-state index is 0.00563. The van der Waals surface area contributed by atoms with E-state index in [9.17, 15) is 14.4 Å². The van der Waals surface area contributed by atoms with Crippen molar-refractivity contribution in [3.8, 4) is 0 Å². The van der Waals surface area contributed by atoms with E-state index in [1.54, 1.807) is 11.8 Å². The maximum absolute atomic E-state index is 13.5. The van der Waals surface area contributed by atoms with Gasteiger partial charge in [0.05, 0.1) is 0 Å². The summed E-state index contributed by atoms with van der Waals surface area (Å²) in [5, 5.41) is 0. The van der Waals surface area contributed by atoms with Crippen LogP contribution in [0.25, 0.3) is 0 Å². The zero-order valence-corrected chi connectivity index (χ0v) is 16.7. The number of hydrogen-bond acceptors (Lipinski definition) is 4. The van der Waals surface area contributed by atoms with Crippen LogP contribution in [0.3, 0.4) is 0 Å². The van der Waals surface area contributed by atoms with Crippen LogP contribution in [0.5, 0.6) is 0 Å². The number of hydrogen-bond donors (Lipinski definition) is 1. The van der Waals surface area contributed by atoms with Crippen LogP contribution in [-0.4, -0.2) is 56.8 Å². The molecule has 7 heteroatoms. The molecule has 152 valence electrons. The van der Waals surface area contributed by atoms with Crippen molar-refractivity contribution in [2.24, 2.45) is 0 Å². The van der Waals surface area contributed by atoms with Gasteiger partial charge >= 0.3 is 0 Å². The lowest BCUT2D eigenvalue weighted by molar-refractivity contribution is -0.145. The average molecular weight is 394 g/mol. The first-order valence-electron chi connectivity index (χ1n) is 10.2. The molecule has 29 heavy (non-hydrogen) atoms. The largest absolute Gasteiger partial charge is 0.340 e. The summed E-state index contributed by atoms with van der Waals surface area (Å²) in [7, 11) is 0. The molecule has 1 aromatic carbocycles. The summed E-state index contributed by atoms with van der Waals surface area (Å²) in [5.41, 5.74) is -0.0834. The van der Waals surface area contributed by atoms with E-state index in [1.807, 2.05) is 23.1 Å². The molecule has 0 saturated carbocycles. The van der Waals surface area contributed by atoms with E-state index in [1.165, 1.54) is 11.8 Å². The fourth-order valence-corrected chi connectivity index (χ4v) is 4.63. The molecule has 2 aliphatic rings. The predicted molar refractivity (Wildman–Crippen MR) is 109 cm³/mol. The summed E-state index contributed by atoms with van der Waals surface area (Å²) in [6, 6.07) is 10.1. The highest BCUT2D eigenvalue weighted by atomic mass is 16.2. The zero-order valence-electron chi connectivity index (χ0n) is 16.7. The fourth-order valence-electron chi connectivity index (χ4n) is 4.63. The molecule has 1 aromatic heterocycles. The number of aryl methyl sites for hydroxylation is 1. The number of aromatic amines is 1. The van der Waals surface area contributed by atoms with Crippen molar-refractivity contribution in [3.63, 3.8) is 0 Å². The van der Waals surface area contributed by atoms with Gasteiger partial charge in [0.1, 0.15) is 16.9 Å². The molecule has 1 N–H and O–H groups in total. The first kappa shape index (κ1) is 19.4. The number of benzene rings is 1. The van der Waals surface area contributed by atoms with E-state index in [-0.39, 0.29) is 11.5 Å². The Morgan fingerprint density at radius 3 is 2.59 bits per heavy atom. The van der Waals surface area contributed by atoms with Gasteiger partial charge in [-0.15, -0.1) is 0 Å². The Balaban J connectivity index is 1.55. The molecule has 2 aromatic rings. The molecule has 2 fully saturated rings. The molecular formula is C22H26N4O3. The van der Waals surface area contributed by atoms with Crippen molar-refractivity contribution in [2.75, 3.05) is 19.6 Å². The fraction of sp³-hybridized carbons (Fsp3) is 0.455. The van der Waals surface area contributed by atoms with Crippen LogP contribution in [0.1, 0.15) is 47.4 Å². The number of rotatable bonds is 4. The van der Waals surface area contributed by atoms with Crippen LogP contribution >= 0.6 is 0 Å². The molecule has 0 aliphatic carbocycles. The smallest absolute Gasteiger partial charge is 0.263 e. The number of carbonyl (C=O) groups is 2. The van der Waals surface area contributed by atoms with Gasteiger partial charge in [-0.2, -0.15) is 0 Å². The minimum atomic E-state index is -0.830. The van der Waals surface area contributed by atoms with Gasteiger partial charge in [-0.3, -0.25) is 14.4 Å². The van der Waals surface area contributed by atoms with Crippen molar-refractivity contribution in [3.05, 3.63) is 63.8 Å². The number of nitrogens with zero attached hydrogens (tertiary/aromatic N) is 3. The number of nitrogens with one attached hydrogen (secondary N) is 1. The van der Waals surface area contributed by atoms with Crippen LogP contribution in [0.2, 0.25) is 0 Å². The summed E-state index contributed by atoms with van der Waals surface area (Å²) >= 11 is 0. The second kappa shape index (κ2) is 7.81. The third-order valence-electron chi connectivity index (χ3n) is 6.11.